The number of carbonyl (C=O) groups excluding carboxylic acids is 1. The summed E-state index contributed by atoms with van der Waals surface area (Å²) in [5.74, 6) is 1.31. The van der Waals surface area contributed by atoms with Crippen LogP contribution >= 0.6 is 11.6 Å². The van der Waals surface area contributed by atoms with Crippen molar-refractivity contribution >= 4 is 34.7 Å². The molecule has 1 heterocycles. The Morgan fingerprint density at radius 1 is 1.11 bits per heavy atom. The van der Waals surface area contributed by atoms with Gasteiger partial charge < -0.3 is 20.1 Å². The number of benzene rings is 2. The van der Waals surface area contributed by atoms with E-state index in [2.05, 4.69) is 20.6 Å². The zero-order valence-electron chi connectivity index (χ0n) is 15.4. The molecule has 7 nitrogen and oxygen atoms in total. The maximum atomic E-state index is 12.5. The van der Waals surface area contributed by atoms with Crippen molar-refractivity contribution in [2.75, 3.05) is 24.4 Å². The van der Waals surface area contributed by atoms with Gasteiger partial charge in [-0.2, -0.15) is 0 Å². The van der Waals surface area contributed by atoms with Gasteiger partial charge in [0.15, 0.2) is 0 Å². The number of para-hydroxylation sites is 2. The highest BCUT2D eigenvalue weighted by atomic mass is 35.5. The molecule has 0 saturated heterocycles. The molecule has 0 aliphatic carbocycles. The summed E-state index contributed by atoms with van der Waals surface area (Å²) >= 11 is 6.09. The predicted molar refractivity (Wildman–Crippen MR) is 109 cm³/mol. The molecule has 0 unspecified atom stereocenters. The highest BCUT2D eigenvalue weighted by Crippen LogP contribution is 2.28. The largest absolute Gasteiger partial charge is 0.495 e. The topological polar surface area (TPSA) is 85.4 Å². The minimum Gasteiger partial charge on any atom is -0.495 e. The Hall–Kier alpha value is -3.32. The van der Waals surface area contributed by atoms with Gasteiger partial charge in [0.25, 0.3) is 5.91 Å². The Morgan fingerprint density at radius 2 is 1.93 bits per heavy atom. The van der Waals surface area contributed by atoms with Crippen LogP contribution < -0.4 is 20.1 Å². The smallest absolute Gasteiger partial charge is 0.274 e. The van der Waals surface area contributed by atoms with Crippen LogP contribution in [0.3, 0.4) is 0 Å². The number of nitrogens with zero attached hydrogens (tertiary/aromatic N) is 2. The first kappa shape index (κ1) is 19.4. The van der Waals surface area contributed by atoms with Gasteiger partial charge >= 0.3 is 0 Å². The van der Waals surface area contributed by atoms with Crippen LogP contribution in [0.1, 0.15) is 17.4 Å². The lowest BCUT2D eigenvalue weighted by molar-refractivity contribution is 0.102. The van der Waals surface area contributed by atoms with Crippen molar-refractivity contribution in [1.82, 2.24) is 9.97 Å². The molecule has 0 saturated carbocycles. The maximum absolute atomic E-state index is 12.5. The summed E-state index contributed by atoms with van der Waals surface area (Å²) < 4.78 is 10.7. The van der Waals surface area contributed by atoms with Crippen LogP contribution in [0.25, 0.3) is 0 Å². The molecule has 0 radical (unpaired) electrons. The average molecular weight is 399 g/mol. The number of amides is 1. The zero-order chi connectivity index (χ0) is 19.9. The Bertz CT molecular complexity index is 981. The van der Waals surface area contributed by atoms with Gasteiger partial charge in [0.05, 0.1) is 24.4 Å². The Balaban J connectivity index is 1.76. The van der Waals surface area contributed by atoms with E-state index in [0.29, 0.717) is 34.6 Å². The van der Waals surface area contributed by atoms with Crippen LogP contribution in [-0.4, -0.2) is 29.6 Å². The minimum atomic E-state index is -0.384. The van der Waals surface area contributed by atoms with Crippen LogP contribution in [0.4, 0.5) is 17.2 Å². The fourth-order valence-corrected chi connectivity index (χ4v) is 2.74. The molecule has 3 rings (SSSR count). The number of anilines is 3. The monoisotopic (exact) mass is 398 g/mol. The van der Waals surface area contributed by atoms with Crippen molar-refractivity contribution in [3.63, 3.8) is 0 Å². The van der Waals surface area contributed by atoms with Crippen molar-refractivity contribution in [3.05, 3.63) is 65.6 Å². The van der Waals surface area contributed by atoms with Crippen LogP contribution in [0.2, 0.25) is 5.02 Å². The van der Waals surface area contributed by atoms with E-state index in [1.165, 1.54) is 13.4 Å². The Labute approximate surface area is 167 Å². The maximum Gasteiger partial charge on any atom is 0.274 e. The molecule has 0 aliphatic heterocycles. The molecule has 0 atom stereocenters. The van der Waals surface area contributed by atoms with Gasteiger partial charge in [-0.3, -0.25) is 4.79 Å². The molecule has 2 aromatic carbocycles. The fraction of sp³-hybridized carbons (Fsp3) is 0.150. The number of ether oxygens (including phenoxy) is 2. The highest BCUT2D eigenvalue weighted by Gasteiger charge is 2.12. The lowest BCUT2D eigenvalue weighted by Gasteiger charge is -2.12. The number of hydrogen-bond donors (Lipinski definition) is 2. The van der Waals surface area contributed by atoms with E-state index in [9.17, 15) is 4.79 Å². The summed E-state index contributed by atoms with van der Waals surface area (Å²) in [6.45, 7) is 2.45. The number of carbonyl (C=O) groups is 1. The summed E-state index contributed by atoms with van der Waals surface area (Å²) in [5, 5.41) is 6.30. The molecule has 0 aliphatic rings. The van der Waals surface area contributed by atoms with Crippen molar-refractivity contribution in [3.8, 4) is 11.5 Å². The van der Waals surface area contributed by atoms with Crippen molar-refractivity contribution in [1.29, 1.82) is 0 Å². The number of halogens is 1. The Kier molecular flexibility index (Phi) is 6.29. The SMILES string of the molecule is CCOc1ccccc1Nc1cc(C(=O)Nc2ccc(OC)c(Cl)c2)ncn1. The number of nitrogens with one attached hydrogen (secondary N) is 2. The van der Waals surface area contributed by atoms with E-state index in [0.717, 1.165) is 5.69 Å². The van der Waals surface area contributed by atoms with Crippen LogP contribution in [0.15, 0.2) is 54.9 Å². The van der Waals surface area contributed by atoms with Crippen LogP contribution in [0.5, 0.6) is 11.5 Å². The zero-order valence-corrected chi connectivity index (χ0v) is 16.2. The second-order valence-corrected chi connectivity index (χ2v) is 6.05. The summed E-state index contributed by atoms with van der Waals surface area (Å²) in [7, 11) is 1.53. The normalized spacial score (nSPS) is 10.2. The van der Waals surface area contributed by atoms with Gasteiger partial charge in [-0.1, -0.05) is 23.7 Å². The fourth-order valence-electron chi connectivity index (χ4n) is 2.48. The van der Waals surface area contributed by atoms with Gasteiger partial charge in [-0.15, -0.1) is 0 Å². The molecular weight excluding hydrogens is 380 g/mol. The van der Waals surface area contributed by atoms with Crippen LogP contribution in [0, 0.1) is 0 Å². The van der Waals surface area contributed by atoms with Gasteiger partial charge in [0, 0.05) is 11.8 Å². The van der Waals surface area contributed by atoms with E-state index in [-0.39, 0.29) is 11.6 Å². The molecule has 1 aromatic heterocycles. The number of rotatable bonds is 7. The third-order valence-electron chi connectivity index (χ3n) is 3.76. The Morgan fingerprint density at radius 3 is 2.68 bits per heavy atom. The summed E-state index contributed by atoms with van der Waals surface area (Å²) in [4.78, 5) is 20.7. The lowest BCUT2D eigenvalue weighted by Crippen LogP contribution is -2.14. The van der Waals surface area contributed by atoms with Crippen molar-refractivity contribution in [2.45, 2.75) is 6.92 Å². The third-order valence-corrected chi connectivity index (χ3v) is 4.05. The van der Waals surface area contributed by atoms with Gasteiger partial charge in [-0.25, -0.2) is 9.97 Å². The van der Waals surface area contributed by atoms with Gasteiger partial charge in [0.1, 0.15) is 29.3 Å². The summed E-state index contributed by atoms with van der Waals surface area (Å²) in [5.41, 5.74) is 1.49. The number of methoxy groups -OCH3 is 1. The molecular formula is C20H19ClN4O3. The molecule has 144 valence electrons. The van der Waals surface area contributed by atoms with Crippen molar-refractivity contribution in [2.24, 2.45) is 0 Å². The molecule has 3 aromatic rings. The minimum absolute atomic E-state index is 0.207. The molecule has 8 heteroatoms. The highest BCUT2D eigenvalue weighted by molar-refractivity contribution is 6.32. The molecule has 2 N–H and O–H groups in total. The van der Waals surface area contributed by atoms with Gasteiger partial charge in [-0.05, 0) is 37.3 Å². The standard InChI is InChI=1S/C20H19ClN4O3/c1-3-28-18-7-5-4-6-15(18)25-19-11-16(22-12-23-19)20(26)24-13-8-9-17(27-2)14(21)10-13/h4-12H,3H2,1-2H3,(H,24,26)(H,22,23,25). The van der Waals surface area contributed by atoms with Crippen molar-refractivity contribution < 1.29 is 14.3 Å². The number of aromatic nitrogens is 2. The molecule has 28 heavy (non-hydrogen) atoms. The first-order valence-corrected chi connectivity index (χ1v) is 8.94. The third kappa shape index (κ3) is 4.69. The van der Waals surface area contributed by atoms with E-state index in [1.54, 1.807) is 24.3 Å². The van der Waals surface area contributed by atoms with Crippen LogP contribution in [-0.2, 0) is 0 Å². The van der Waals surface area contributed by atoms with E-state index >= 15 is 0 Å². The first-order valence-electron chi connectivity index (χ1n) is 8.56. The first-order chi connectivity index (χ1) is 13.6. The second-order valence-electron chi connectivity index (χ2n) is 5.65. The lowest BCUT2D eigenvalue weighted by atomic mass is 10.2. The summed E-state index contributed by atoms with van der Waals surface area (Å²) in [6.07, 6.45) is 1.32. The number of hydrogen-bond acceptors (Lipinski definition) is 6. The predicted octanol–water partition coefficient (Wildman–Crippen LogP) is 4.53. The molecule has 1 amide bonds. The quantitative estimate of drug-likeness (QED) is 0.608. The second kappa shape index (κ2) is 9.05. The average Bonchev–Trinajstić information content (AvgIpc) is 2.70. The van der Waals surface area contributed by atoms with E-state index < -0.39 is 0 Å². The van der Waals surface area contributed by atoms with E-state index in [4.69, 9.17) is 21.1 Å². The molecule has 0 fully saturated rings. The molecule has 0 bridgehead atoms. The van der Waals surface area contributed by atoms with E-state index in [1.807, 2.05) is 31.2 Å². The van der Waals surface area contributed by atoms with Gasteiger partial charge in [0.2, 0.25) is 0 Å². The molecule has 0 spiro atoms. The summed E-state index contributed by atoms with van der Waals surface area (Å²) in [6, 6.07) is 14.0.